The molecule has 26 heavy (non-hydrogen) atoms. The molecular weight excluding hydrogens is 345 g/mol. The van der Waals surface area contributed by atoms with Gasteiger partial charge in [-0.05, 0) is 47.9 Å². The zero-order valence-corrected chi connectivity index (χ0v) is 13.4. The Morgan fingerprint density at radius 2 is 1.77 bits per heavy atom. The Kier molecular flexibility index (Phi) is 3.83. The topological polar surface area (TPSA) is 46.5 Å². The average molecular weight is 358 g/mol. The maximum Gasteiger partial charge on any atom is 0.335 e. The maximum absolute atomic E-state index is 14.0. The van der Waals surface area contributed by atoms with Crippen LogP contribution in [0, 0.1) is 17.5 Å². The highest BCUT2D eigenvalue weighted by Gasteiger charge is 2.26. The molecule has 0 saturated carbocycles. The molecule has 132 valence electrons. The van der Waals surface area contributed by atoms with Gasteiger partial charge in [-0.1, -0.05) is 12.1 Å². The highest BCUT2D eigenvalue weighted by molar-refractivity contribution is 5.96. The summed E-state index contributed by atoms with van der Waals surface area (Å²) in [6.07, 6.45) is 0.227. The van der Waals surface area contributed by atoms with Crippen LogP contribution in [0.1, 0.15) is 34.0 Å². The molecule has 4 rings (SSSR count). The van der Waals surface area contributed by atoms with Crippen molar-refractivity contribution in [2.24, 2.45) is 0 Å². The lowest BCUT2D eigenvalue weighted by Gasteiger charge is -2.27. The van der Waals surface area contributed by atoms with Gasteiger partial charge in [0, 0.05) is 17.2 Å². The van der Waals surface area contributed by atoms with Crippen LogP contribution < -0.4 is 4.74 Å². The van der Waals surface area contributed by atoms with Crippen molar-refractivity contribution in [2.75, 3.05) is 0 Å². The number of rotatable bonds is 2. The van der Waals surface area contributed by atoms with Gasteiger partial charge in [0.25, 0.3) is 0 Å². The Morgan fingerprint density at radius 3 is 2.54 bits per heavy atom. The molecule has 0 saturated heterocycles. The Labute approximate surface area is 146 Å². The van der Waals surface area contributed by atoms with Gasteiger partial charge in [-0.3, -0.25) is 0 Å². The summed E-state index contributed by atoms with van der Waals surface area (Å²) in [5, 5.41) is 10.7. The summed E-state index contributed by atoms with van der Waals surface area (Å²) in [7, 11) is 0. The zero-order chi connectivity index (χ0) is 18.4. The average Bonchev–Trinajstić information content (AvgIpc) is 2.63. The lowest BCUT2D eigenvalue weighted by molar-refractivity contribution is 0.0697. The number of ether oxygens (including phenoxy) is 1. The molecule has 3 nitrogen and oxygen atoms in total. The summed E-state index contributed by atoms with van der Waals surface area (Å²) in [4.78, 5) is 11.1. The number of aromatic carboxylic acids is 1. The molecule has 1 aliphatic heterocycles. The van der Waals surface area contributed by atoms with Crippen molar-refractivity contribution < 1.29 is 27.8 Å². The van der Waals surface area contributed by atoms with E-state index in [4.69, 9.17) is 9.84 Å². The molecule has 0 fully saturated rings. The van der Waals surface area contributed by atoms with Crippen LogP contribution in [-0.4, -0.2) is 11.1 Å². The fourth-order valence-corrected chi connectivity index (χ4v) is 3.37. The molecule has 6 heteroatoms. The molecule has 0 radical (unpaired) electrons. The minimum atomic E-state index is -1.23. The fourth-order valence-electron chi connectivity index (χ4n) is 3.37. The summed E-state index contributed by atoms with van der Waals surface area (Å²) in [6.45, 7) is 0. The van der Waals surface area contributed by atoms with Crippen molar-refractivity contribution >= 4 is 16.7 Å². The van der Waals surface area contributed by atoms with Gasteiger partial charge in [0.1, 0.15) is 17.7 Å². The van der Waals surface area contributed by atoms with Crippen molar-refractivity contribution in [3.8, 4) is 5.75 Å². The Balaban J connectivity index is 1.73. The van der Waals surface area contributed by atoms with E-state index in [0.717, 1.165) is 22.4 Å². The summed E-state index contributed by atoms with van der Waals surface area (Å²) in [5.74, 6) is -3.67. The van der Waals surface area contributed by atoms with E-state index in [1.807, 2.05) is 0 Å². The minimum Gasteiger partial charge on any atom is -0.485 e. The molecular formula is C20H13F3O3. The van der Waals surface area contributed by atoms with Crippen LogP contribution in [0.5, 0.6) is 5.75 Å². The third kappa shape index (κ3) is 2.67. The van der Waals surface area contributed by atoms with Crippen LogP contribution in [0.2, 0.25) is 0 Å². The van der Waals surface area contributed by atoms with Gasteiger partial charge in [0.05, 0.1) is 5.56 Å². The van der Waals surface area contributed by atoms with E-state index in [-0.39, 0.29) is 11.1 Å². The minimum absolute atomic E-state index is 0.0177. The molecule has 0 spiro atoms. The summed E-state index contributed by atoms with van der Waals surface area (Å²) >= 11 is 0. The second kappa shape index (κ2) is 6.05. The third-order valence-electron chi connectivity index (χ3n) is 4.65. The van der Waals surface area contributed by atoms with E-state index in [9.17, 15) is 18.0 Å². The second-order valence-electron chi connectivity index (χ2n) is 6.22. The number of fused-ring (bicyclic) bond motifs is 3. The molecule has 1 atom stereocenters. The van der Waals surface area contributed by atoms with Gasteiger partial charge in [0.2, 0.25) is 0 Å². The van der Waals surface area contributed by atoms with Crippen LogP contribution in [-0.2, 0) is 6.42 Å². The van der Waals surface area contributed by atoms with Gasteiger partial charge >= 0.3 is 5.97 Å². The Morgan fingerprint density at radius 1 is 1.00 bits per heavy atom. The largest absolute Gasteiger partial charge is 0.485 e. The van der Waals surface area contributed by atoms with Crippen LogP contribution >= 0.6 is 0 Å². The fraction of sp³-hybridized carbons (Fsp3) is 0.150. The third-order valence-corrected chi connectivity index (χ3v) is 4.65. The highest BCUT2D eigenvalue weighted by Crippen LogP contribution is 2.39. The highest BCUT2D eigenvalue weighted by atomic mass is 19.2. The predicted molar refractivity (Wildman–Crippen MR) is 88.9 cm³/mol. The molecule has 0 unspecified atom stereocenters. The molecule has 0 aliphatic carbocycles. The van der Waals surface area contributed by atoms with E-state index in [1.54, 1.807) is 24.3 Å². The van der Waals surface area contributed by atoms with Crippen molar-refractivity contribution in [3.63, 3.8) is 0 Å². The number of halogens is 3. The molecule has 3 aromatic rings. The van der Waals surface area contributed by atoms with Crippen molar-refractivity contribution in [1.29, 1.82) is 0 Å². The van der Waals surface area contributed by atoms with E-state index < -0.39 is 29.5 Å². The predicted octanol–water partition coefficient (Wildman–Crippen LogP) is 5.02. The van der Waals surface area contributed by atoms with E-state index >= 15 is 0 Å². The monoisotopic (exact) mass is 358 g/mol. The quantitative estimate of drug-likeness (QED) is 0.654. The number of carboxylic acid groups (broad SMARTS) is 1. The van der Waals surface area contributed by atoms with E-state index in [2.05, 4.69) is 0 Å². The lowest BCUT2D eigenvalue weighted by Crippen LogP contribution is -2.17. The van der Waals surface area contributed by atoms with Crippen molar-refractivity contribution in [2.45, 2.75) is 18.9 Å². The molecule has 1 N–H and O–H groups in total. The van der Waals surface area contributed by atoms with Gasteiger partial charge < -0.3 is 9.84 Å². The van der Waals surface area contributed by atoms with E-state index in [0.29, 0.717) is 24.7 Å². The Hall–Kier alpha value is -3.02. The SMILES string of the molecule is O=C(O)c1ccc2c3c(ccc2c1)O[C@H](c1cc(F)c(F)cc1F)CC3. The smallest absolute Gasteiger partial charge is 0.335 e. The van der Waals surface area contributed by atoms with Crippen LogP contribution in [0.15, 0.2) is 42.5 Å². The molecule has 0 amide bonds. The first kappa shape index (κ1) is 16.4. The summed E-state index contributed by atoms with van der Waals surface area (Å²) in [6, 6.07) is 9.60. The van der Waals surface area contributed by atoms with Crippen LogP contribution in [0.3, 0.4) is 0 Å². The van der Waals surface area contributed by atoms with Gasteiger partial charge in [0.15, 0.2) is 11.6 Å². The van der Waals surface area contributed by atoms with Gasteiger partial charge in [-0.15, -0.1) is 0 Å². The number of benzene rings is 3. The van der Waals surface area contributed by atoms with E-state index in [1.165, 1.54) is 6.07 Å². The summed E-state index contributed by atoms with van der Waals surface area (Å²) in [5.41, 5.74) is 1.06. The van der Waals surface area contributed by atoms with Crippen LogP contribution in [0.4, 0.5) is 13.2 Å². The molecule has 0 bridgehead atoms. The normalized spacial score (nSPS) is 16.2. The number of carboxylic acids is 1. The number of aryl methyl sites for hydroxylation is 1. The zero-order valence-electron chi connectivity index (χ0n) is 13.4. The van der Waals surface area contributed by atoms with Crippen molar-refractivity contribution in [1.82, 2.24) is 0 Å². The number of hydrogen-bond acceptors (Lipinski definition) is 2. The standard InChI is InChI=1S/C20H13F3O3/c21-15-9-17(23)16(22)8-14(15)19-6-4-13-12-3-1-11(20(24)25)7-10(12)2-5-18(13)26-19/h1-3,5,7-9,19H,4,6H2,(H,24,25)/t19-/m0/s1. The first-order valence-electron chi connectivity index (χ1n) is 8.04. The van der Waals surface area contributed by atoms with Gasteiger partial charge in [-0.25, -0.2) is 18.0 Å². The maximum atomic E-state index is 14.0. The molecule has 3 aromatic carbocycles. The van der Waals surface area contributed by atoms with Gasteiger partial charge in [-0.2, -0.15) is 0 Å². The number of hydrogen-bond donors (Lipinski definition) is 1. The second-order valence-corrected chi connectivity index (χ2v) is 6.22. The Bertz CT molecular complexity index is 1050. The molecule has 1 heterocycles. The molecule has 1 aliphatic rings. The van der Waals surface area contributed by atoms with Crippen LogP contribution in [0.25, 0.3) is 10.8 Å². The lowest BCUT2D eigenvalue weighted by atomic mass is 9.92. The summed E-state index contributed by atoms with van der Waals surface area (Å²) < 4.78 is 46.5. The molecule has 0 aromatic heterocycles. The number of carbonyl (C=O) groups is 1. The first-order valence-corrected chi connectivity index (χ1v) is 8.04. The first-order chi connectivity index (χ1) is 12.4. The van der Waals surface area contributed by atoms with Crippen molar-refractivity contribution in [3.05, 3.63) is 76.6 Å².